The number of hydrogen-bond acceptors (Lipinski definition) is 2. The van der Waals surface area contributed by atoms with Crippen LogP contribution in [-0.2, 0) is 16.0 Å². The number of hydrogen-bond donors (Lipinski definition) is 0. The molecule has 0 N–H and O–H groups in total. The van der Waals surface area contributed by atoms with Crippen molar-refractivity contribution in [1.29, 1.82) is 0 Å². The van der Waals surface area contributed by atoms with E-state index in [1.165, 1.54) is 17.5 Å². The number of rotatable bonds is 2. The van der Waals surface area contributed by atoms with Gasteiger partial charge in [0.25, 0.3) is 6.47 Å². The van der Waals surface area contributed by atoms with Gasteiger partial charge in [0.05, 0.1) is 0 Å². The van der Waals surface area contributed by atoms with Crippen molar-refractivity contribution >= 4 is 6.47 Å². The second kappa shape index (κ2) is 4.27. The molecular formula is C12H14O2. The maximum atomic E-state index is 10.4. The van der Waals surface area contributed by atoms with E-state index in [-0.39, 0.29) is 6.10 Å². The van der Waals surface area contributed by atoms with Crippen molar-refractivity contribution in [3.63, 3.8) is 0 Å². The Labute approximate surface area is 83.9 Å². The maximum absolute atomic E-state index is 10.4. The first-order chi connectivity index (χ1) is 6.92. The molecule has 2 nitrogen and oxygen atoms in total. The van der Waals surface area contributed by atoms with E-state index in [0.717, 1.165) is 19.3 Å². The molecule has 0 amide bonds. The van der Waals surface area contributed by atoms with Crippen LogP contribution in [0.1, 0.15) is 36.5 Å². The summed E-state index contributed by atoms with van der Waals surface area (Å²) in [6.45, 7) is 0.562. The lowest BCUT2D eigenvalue weighted by Crippen LogP contribution is -2.03. The summed E-state index contributed by atoms with van der Waals surface area (Å²) in [5.74, 6) is 0. The van der Waals surface area contributed by atoms with Crippen LogP contribution in [0.15, 0.2) is 24.3 Å². The monoisotopic (exact) mass is 190 g/mol. The van der Waals surface area contributed by atoms with Gasteiger partial charge in [-0.1, -0.05) is 24.3 Å². The fourth-order valence-electron chi connectivity index (χ4n) is 2.09. The van der Waals surface area contributed by atoms with Gasteiger partial charge in [0.2, 0.25) is 0 Å². The average Bonchev–Trinajstić information content (AvgIpc) is 2.42. The molecule has 14 heavy (non-hydrogen) atoms. The maximum Gasteiger partial charge on any atom is 0.293 e. The van der Waals surface area contributed by atoms with E-state index in [1.807, 2.05) is 12.1 Å². The smallest absolute Gasteiger partial charge is 0.293 e. The molecule has 74 valence electrons. The summed E-state index contributed by atoms with van der Waals surface area (Å²) in [5.41, 5.74) is 2.52. The Balaban J connectivity index is 2.31. The van der Waals surface area contributed by atoms with E-state index in [1.54, 1.807) is 0 Å². The van der Waals surface area contributed by atoms with Crippen molar-refractivity contribution in [2.24, 2.45) is 0 Å². The molecule has 0 bridgehead atoms. The van der Waals surface area contributed by atoms with Gasteiger partial charge in [0.15, 0.2) is 0 Å². The Bertz CT molecular complexity index is 320. The molecule has 0 saturated heterocycles. The fraction of sp³-hybridized carbons (Fsp3) is 0.417. The zero-order valence-corrected chi connectivity index (χ0v) is 8.11. The van der Waals surface area contributed by atoms with Gasteiger partial charge < -0.3 is 4.74 Å². The summed E-state index contributed by atoms with van der Waals surface area (Å²) < 4.78 is 5.11. The standard InChI is InChI=1S/C12H14O2/c13-9-14-12-8-4-2-6-10-5-1-3-7-11(10)12/h1,3,5,7,9,12H,2,4,6,8H2. The number of benzene rings is 1. The largest absolute Gasteiger partial charge is 0.460 e. The van der Waals surface area contributed by atoms with Gasteiger partial charge in [-0.05, 0) is 36.8 Å². The van der Waals surface area contributed by atoms with Gasteiger partial charge in [-0.25, -0.2) is 0 Å². The zero-order chi connectivity index (χ0) is 9.80. The highest BCUT2D eigenvalue weighted by Gasteiger charge is 2.18. The molecule has 1 aliphatic carbocycles. The minimum atomic E-state index is -0.0220. The molecule has 0 aromatic heterocycles. The number of fused-ring (bicyclic) bond motifs is 1. The molecule has 0 saturated carbocycles. The van der Waals surface area contributed by atoms with Crippen LogP contribution in [-0.4, -0.2) is 6.47 Å². The van der Waals surface area contributed by atoms with Crippen molar-refractivity contribution < 1.29 is 9.53 Å². The summed E-state index contributed by atoms with van der Waals surface area (Å²) in [5, 5.41) is 0. The molecule has 0 radical (unpaired) electrons. The van der Waals surface area contributed by atoms with Crippen molar-refractivity contribution in [1.82, 2.24) is 0 Å². The van der Waals surface area contributed by atoms with Crippen LogP contribution in [0, 0.1) is 0 Å². The summed E-state index contributed by atoms with van der Waals surface area (Å²) in [6.07, 6.45) is 4.36. The Morgan fingerprint density at radius 3 is 3.00 bits per heavy atom. The molecule has 1 aliphatic rings. The summed E-state index contributed by atoms with van der Waals surface area (Å²) >= 11 is 0. The van der Waals surface area contributed by atoms with Crippen LogP contribution in [0.5, 0.6) is 0 Å². The first-order valence-electron chi connectivity index (χ1n) is 5.08. The van der Waals surface area contributed by atoms with E-state index < -0.39 is 0 Å². The molecule has 1 unspecified atom stereocenters. The van der Waals surface area contributed by atoms with Crippen molar-refractivity contribution in [3.8, 4) is 0 Å². The highest BCUT2D eigenvalue weighted by molar-refractivity contribution is 5.40. The van der Waals surface area contributed by atoms with Crippen LogP contribution in [0.25, 0.3) is 0 Å². The van der Waals surface area contributed by atoms with E-state index in [0.29, 0.717) is 6.47 Å². The lowest BCUT2D eigenvalue weighted by atomic mass is 10.0. The highest BCUT2D eigenvalue weighted by Crippen LogP contribution is 2.30. The normalized spacial score (nSPS) is 20.7. The Hall–Kier alpha value is -1.31. The highest BCUT2D eigenvalue weighted by atomic mass is 16.5. The first-order valence-corrected chi connectivity index (χ1v) is 5.08. The van der Waals surface area contributed by atoms with E-state index in [4.69, 9.17) is 4.74 Å². The van der Waals surface area contributed by atoms with Crippen molar-refractivity contribution in [2.45, 2.75) is 31.8 Å². The lowest BCUT2D eigenvalue weighted by Gasteiger charge is -2.15. The minimum absolute atomic E-state index is 0.0220. The second-order valence-corrected chi connectivity index (χ2v) is 3.67. The van der Waals surface area contributed by atoms with Crippen LogP contribution in [0.2, 0.25) is 0 Å². The Morgan fingerprint density at radius 2 is 2.14 bits per heavy atom. The predicted molar refractivity (Wildman–Crippen MR) is 53.9 cm³/mol. The zero-order valence-electron chi connectivity index (χ0n) is 8.11. The number of carbonyl (C=O) groups is 1. The quantitative estimate of drug-likeness (QED) is 0.529. The van der Waals surface area contributed by atoms with E-state index in [9.17, 15) is 4.79 Å². The minimum Gasteiger partial charge on any atom is -0.460 e. The van der Waals surface area contributed by atoms with Gasteiger partial charge in [0.1, 0.15) is 6.10 Å². The third-order valence-electron chi connectivity index (χ3n) is 2.78. The molecule has 1 aromatic carbocycles. The van der Waals surface area contributed by atoms with Gasteiger partial charge in [-0.15, -0.1) is 0 Å². The van der Waals surface area contributed by atoms with Gasteiger partial charge in [-0.2, -0.15) is 0 Å². The molecule has 0 heterocycles. The average molecular weight is 190 g/mol. The predicted octanol–water partition coefficient (Wildman–Crippen LogP) is 2.63. The third-order valence-corrected chi connectivity index (χ3v) is 2.78. The van der Waals surface area contributed by atoms with E-state index in [2.05, 4.69) is 12.1 Å². The summed E-state index contributed by atoms with van der Waals surface area (Å²) in [6, 6.07) is 8.24. The molecular weight excluding hydrogens is 176 g/mol. The third kappa shape index (κ3) is 1.79. The molecule has 0 aliphatic heterocycles. The molecule has 1 aromatic rings. The Morgan fingerprint density at radius 1 is 1.29 bits per heavy atom. The van der Waals surface area contributed by atoms with E-state index >= 15 is 0 Å². The van der Waals surface area contributed by atoms with Crippen molar-refractivity contribution in [3.05, 3.63) is 35.4 Å². The lowest BCUT2D eigenvalue weighted by molar-refractivity contribution is -0.134. The van der Waals surface area contributed by atoms with Crippen molar-refractivity contribution in [2.75, 3.05) is 0 Å². The van der Waals surface area contributed by atoms with Crippen LogP contribution in [0.3, 0.4) is 0 Å². The van der Waals surface area contributed by atoms with Crippen LogP contribution >= 0.6 is 0 Å². The van der Waals surface area contributed by atoms with Gasteiger partial charge in [-0.3, -0.25) is 4.79 Å². The molecule has 1 atom stereocenters. The molecule has 0 fully saturated rings. The first kappa shape index (κ1) is 9.25. The molecule has 2 rings (SSSR count). The van der Waals surface area contributed by atoms with Gasteiger partial charge >= 0.3 is 0 Å². The van der Waals surface area contributed by atoms with Crippen LogP contribution < -0.4 is 0 Å². The topological polar surface area (TPSA) is 26.3 Å². The number of ether oxygens (including phenoxy) is 1. The SMILES string of the molecule is O=COC1CCCCc2ccccc21. The van der Waals surface area contributed by atoms with Gasteiger partial charge in [0, 0.05) is 0 Å². The number of aryl methyl sites for hydroxylation is 1. The second-order valence-electron chi connectivity index (χ2n) is 3.67. The number of carbonyl (C=O) groups excluding carboxylic acids is 1. The summed E-state index contributed by atoms with van der Waals surface area (Å²) in [7, 11) is 0. The molecule has 0 spiro atoms. The Kier molecular flexibility index (Phi) is 2.82. The molecule has 2 heteroatoms. The van der Waals surface area contributed by atoms with Crippen LogP contribution in [0.4, 0.5) is 0 Å². The summed E-state index contributed by atoms with van der Waals surface area (Å²) in [4.78, 5) is 10.4. The fourth-order valence-corrected chi connectivity index (χ4v) is 2.09.